The summed E-state index contributed by atoms with van der Waals surface area (Å²) in [5.74, 6) is 0.371. The fraction of sp³-hybridized carbons (Fsp3) is 0.481. The Morgan fingerprint density at radius 3 is 2.80 bits per heavy atom. The van der Waals surface area contributed by atoms with E-state index in [1.165, 1.54) is 18.1 Å². The summed E-state index contributed by atoms with van der Waals surface area (Å²) in [5, 5.41) is 19.6. The molecular formula is C27H36N4O4. The minimum atomic E-state index is -0.656. The zero-order valence-electron chi connectivity index (χ0n) is 20.4. The quantitative estimate of drug-likeness (QED) is 0.438. The SMILES string of the molecule is CC(=O)Nc1cccc(OCC(=O)NCC(O)CN2CCc3ccccc3C2)c1C1CCCNC1. The number of fused-ring (bicyclic) bond motifs is 1. The van der Waals surface area contributed by atoms with Crippen LogP contribution in [0.4, 0.5) is 5.69 Å². The van der Waals surface area contributed by atoms with Crippen molar-refractivity contribution in [3.8, 4) is 5.75 Å². The number of carbonyl (C=O) groups is 2. The van der Waals surface area contributed by atoms with Crippen LogP contribution >= 0.6 is 0 Å². The van der Waals surface area contributed by atoms with Crippen LogP contribution in [-0.4, -0.2) is 67.3 Å². The van der Waals surface area contributed by atoms with Crippen molar-refractivity contribution in [1.82, 2.24) is 15.5 Å². The van der Waals surface area contributed by atoms with Gasteiger partial charge in [0.05, 0.1) is 6.10 Å². The first kappa shape index (κ1) is 25.2. The Labute approximate surface area is 207 Å². The van der Waals surface area contributed by atoms with Crippen LogP contribution in [0, 0.1) is 0 Å². The van der Waals surface area contributed by atoms with Gasteiger partial charge in [0.1, 0.15) is 5.75 Å². The van der Waals surface area contributed by atoms with Crippen molar-refractivity contribution in [1.29, 1.82) is 0 Å². The smallest absolute Gasteiger partial charge is 0.258 e. The Morgan fingerprint density at radius 2 is 2.03 bits per heavy atom. The average molecular weight is 481 g/mol. The zero-order chi connectivity index (χ0) is 24.6. The molecule has 0 saturated carbocycles. The molecule has 0 spiro atoms. The third-order valence-electron chi connectivity index (χ3n) is 6.65. The lowest BCUT2D eigenvalue weighted by Gasteiger charge is -2.30. The highest BCUT2D eigenvalue weighted by atomic mass is 16.5. The van der Waals surface area contributed by atoms with E-state index in [2.05, 4.69) is 39.0 Å². The summed E-state index contributed by atoms with van der Waals surface area (Å²) in [6.45, 7) is 5.50. The second-order valence-electron chi connectivity index (χ2n) is 9.44. The Bertz CT molecular complexity index is 1020. The topological polar surface area (TPSA) is 103 Å². The monoisotopic (exact) mass is 480 g/mol. The van der Waals surface area contributed by atoms with Gasteiger partial charge in [0, 0.05) is 56.8 Å². The first-order valence-corrected chi connectivity index (χ1v) is 12.5. The van der Waals surface area contributed by atoms with Crippen LogP contribution in [0.3, 0.4) is 0 Å². The van der Waals surface area contributed by atoms with Gasteiger partial charge < -0.3 is 25.8 Å². The van der Waals surface area contributed by atoms with E-state index in [1.54, 1.807) is 0 Å². The van der Waals surface area contributed by atoms with E-state index < -0.39 is 6.10 Å². The zero-order valence-corrected chi connectivity index (χ0v) is 20.4. The fourth-order valence-corrected chi connectivity index (χ4v) is 4.99. The number of anilines is 1. The molecule has 8 heteroatoms. The molecule has 4 N–H and O–H groups in total. The van der Waals surface area contributed by atoms with Gasteiger partial charge >= 0.3 is 0 Å². The fourth-order valence-electron chi connectivity index (χ4n) is 4.99. The maximum Gasteiger partial charge on any atom is 0.258 e. The molecule has 188 valence electrons. The highest BCUT2D eigenvalue weighted by molar-refractivity contribution is 5.90. The minimum absolute atomic E-state index is 0.143. The van der Waals surface area contributed by atoms with Gasteiger partial charge in [-0.05, 0) is 49.1 Å². The number of hydrogen-bond acceptors (Lipinski definition) is 6. The molecule has 2 atom stereocenters. The number of piperidine rings is 1. The predicted octanol–water partition coefficient (Wildman–Crippen LogP) is 2.03. The van der Waals surface area contributed by atoms with Crippen LogP contribution in [0.1, 0.15) is 42.4 Å². The van der Waals surface area contributed by atoms with Crippen LogP contribution in [0.5, 0.6) is 5.75 Å². The molecule has 0 bridgehead atoms. The lowest BCUT2D eigenvalue weighted by Crippen LogP contribution is -2.43. The number of carbonyl (C=O) groups excluding carboxylic acids is 2. The number of rotatable bonds is 9. The Balaban J connectivity index is 1.28. The van der Waals surface area contributed by atoms with Crippen molar-refractivity contribution in [2.75, 3.05) is 44.6 Å². The third kappa shape index (κ3) is 7.04. The maximum absolute atomic E-state index is 12.5. The summed E-state index contributed by atoms with van der Waals surface area (Å²) in [4.78, 5) is 26.4. The van der Waals surface area contributed by atoms with Crippen LogP contribution in [0.15, 0.2) is 42.5 Å². The summed E-state index contributed by atoms with van der Waals surface area (Å²) < 4.78 is 5.91. The minimum Gasteiger partial charge on any atom is -0.483 e. The molecule has 1 fully saturated rings. The van der Waals surface area contributed by atoms with E-state index in [1.807, 2.05) is 24.3 Å². The summed E-state index contributed by atoms with van der Waals surface area (Å²) >= 11 is 0. The van der Waals surface area contributed by atoms with Crippen LogP contribution in [-0.2, 0) is 22.6 Å². The van der Waals surface area contributed by atoms with E-state index in [-0.39, 0.29) is 30.9 Å². The van der Waals surface area contributed by atoms with E-state index in [0.717, 1.165) is 56.7 Å². The first-order valence-electron chi connectivity index (χ1n) is 12.5. The van der Waals surface area contributed by atoms with Gasteiger partial charge in [-0.2, -0.15) is 0 Å². The molecule has 2 aliphatic rings. The largest absolute Gasteiger partial charge is 0.483 e. The highest BCUT2D eigenvalue weighted by Gasteiger charge is 2.24. The molecule has 2 aliphatic heterocycles. The number of β-amino-alcohol motifs (C(OH)–C–C–N with tert-alkyl or cyclic N) is 1. The number of aliphatic hydroxyl groups excluding tert-OH is 1. The van der Waals surface area contributed by atoms with Crippen molar-refractivity contribution in [2.45, 2.75) is 44.8 Å². The van der Waals surface area contributed by atoms with Gasteiger partial charge in [-0.1, -0.05) is 30.3 Å². The second-order valence-corrected chi connectivity index (χ2v) is 9.44. The van der Waals surface area contributed by atoms with E-state index in [4.69, 9.17) is 4.74 Å². The van der Waals surface area contributed by atoms with Crippen molar-refractivity contribution >= 4 is 17.5 Å². The molecule has 4 rings (SSSR count). The van der Waals surface area contributed by atoms with Crippen LogP contribution in [0.25, 0.3) is 0 Å². The maximum atomic E-state index is 12.5. The number of nitrogens with zero attached hydrogens (tertiary/aromatic N) is 1. The number of benzene rings is 2. The highest BCUT2D eigenvalue weighted by Crippen LogP contribution is 2.37. The molecule has 0 radical (unpaired) electrons. The molecule has 2 heterocycles. The molecule has 2 unspecified atom stereocenters. The van der Waals surface area contributed by atoms with Crippen molar-refractivity contribution in [3.05, 3.63) is 59.2 Å². The predicted molar refractivity (Wildman–Crippen MR) is 136 cm³/mol. The summed E-state index contributed by atoms with van der Waals surface area (Å²) in [6, 6.07) is 13.9. The lowest BCUT2D eigenvalue weighted by molar-refractivity contribution is -0.123. The molecule has 2 amide bonds. The average Bonchev–Trinajstić information content (AvgIpc) is 2.86. The van der Waals surface area contributed by atoms with Gasteiger partial charge in [-0.15, -0.1) is 0 Å². The lowest BCUT2D eigenvalue weighted by atomic mass is 9.89. The number of ether oxygens (including phenoxy) is 1. The second kappa shape index (κ2) is 12.2. The van der Waals surface area contributed by atoms with Gasteiger partial charge in [0.25, 0.3) is 5.91 Å². The van der Waals surface area contributed by atoms with Gasteiger partial charge in [-0.3, -0.25) is 14.5 Å². The van der Waals surface area contributed by atoms with Gasteiger partial charge in [0.2, 0.25) is 5.91 Å². The Kier molecular flexibility index (Phi) is 8.74. The molecule has 2 aromatic carbocycles. The molecular weight excluding hydrogens is 444 g/mol. The van der Waals surface area contributed by atoms with Crippen molar-refractivity contribution in [3.63, 3.8) is 0 Å². The Hall–Kier alpha value is -2.94. The normalized spacial score (nSPS) is 18.9. The molecule has 0 aliphatic carbocycles. The standard InChI is InChI=1S/C27H36N4O4/c1-19(32)30-24-9-4-10-25(27(24)21-8-5-12-28-14-21)35-18-26(34)29-15-23(33)17-31-13-11-20-6-2-3-7-22(20)16-31/h2-4,6-7,9-10,21,23,28,33H,5,8,11-18H2,1H3,(H,29,34)(H,30,32). The Morgan fingerprint density at radius 1 is 1.20 bits per heavy atom. The van der Waals surface area contributed by atoms with Crippen LogP contribution < -0.4 is 20.7 Å². The number of amides is 2. The number of aliphatic hydroxyl groups is 1. The molecule has 8 nitrogen and oxygen atoms in total. The molecule has 0 aromatic heterocycles. The summed E-state index contributed by atoms with van der Waals surface area (Å²) in [5.41, 5.74) is 4.32. The molecule has 35 heavy (non-hydrogen) atoms. The van der Waals surface area contributed by atoms with Gasteiger partial charge in [-0.25, -0.2) is 0 Å². The van der Waals surface area contributed by atoms with E-state index >= 15 is 0 Å². The first-order chi connectivity index (χ1) is 17.0. The van der Waals surface area contributed by atoms with Crippen LogP contribution in [0.2, 0.25) is 0 Å². The third-order valence-corrected chi connectivity index (χ3v) is 6.65. The van der Waals surface area contributed by atoms with Crippen molar-refractivity contribution in [2.24, 2.45) is 0 Å². The molecule has 2 aromatic rings. The van der Waals surface area contributed by atoms with E-state index in [0.29, 0.717) is 12.3 Å². The summed E-state index contributed by atoms with van der Waals surface area (Å²) in [6.07, 6.45) is 2.34. The van der Waals surface area contributed by atoms with E-state index in [9.17, 15) is 14.7 Å². The number of nitrogens with one attached hydrogen (secondary N) is 3. The van der Waals surface area contributed by atoms with Crippen molar-refractivity contribution < 1.29 is 19.4 Å². The van der Waals surface area contributed by atoms with Gasteiger partial charge in [0.15, 0.2) is 6.61 Å². The number of hydrogen-bond donors (Lipinski definition) is 4. The summed E-state index contributed by atoms with van der Waals surface area (Å²) in [7, 11) is 0. The molecule has 1 saturated heterocycles.